The van der Waals surface area contributed by atoms with Crippen LogP contribution in [0.1, 0.15) is 72.5 Å². The number of carbonyl (C=O) groups excluding carboxylic acids is 2. The quantitative estimate of drug-likeness (QED) is 0.323. The van der Waals surface area contributed by atoms with Gasteiger partial charge in [0, 0.05) is 18.4 Å². The largest absolute Gasteiger partial charge is 0.493 e. The number of rotatable bonds is 12. The maximum Gasteiger partial charge on any atom is 0.305 e. The van der Waals surface area contributed by atoms with Gasteiger partial charge in [-0.2, -0.15) is 0 Å². The lowest BCUT2D eigenvalue weighted by molar-refractivity contribution is -0.140. The summed E-state index contributed by atoms with van der Waals surface area (Å²) in [5.41, 5.74) is 4.25. The summed E-state index contributed by atoms with van der Waals surface area (Å²) in [4.78, 5) is 23.6. The van der Waals surface area contributed by atoms with Gasteiger partial charge in [0.1, 0.15) is 11.5 Å². The molecule has 32 heavy (non-hydrogen) atoms. The van der Waals surface area contributed by atoms with E-state index in [1.165, 1.54) is 18.2 Å². The summed E-state index contributed by atoms with van der Waals surface area (Å²) in [5.74, 6) is 1.55. The summed E-state index contributed by atoms with van der Waals surface area (Å²) in [6, 6.07) is 12.1. The van der Waals surface area contributed by atoms with Crippen LogP contribution in [0, 0.1) is 0 Å². The van der Waals surface area contributed by atoms with E-state index in [1.54, 1.807) is 0 Å². The Kier molecular flexibility index (Phi) is 9.14. The van der Waals surface area contributed by atoms with Crippen LogP contribution in [-0.2, 0) is 28.8 Å². The first-order valence-corrected chi connectivity index (χ1v) is 11.7. The van der Waals surface area contributed by atoms with Gasteiger partial charge < -0.3 is 14.2 Å². The smallest absolute Gasteiger partial charge is 0.305 e. The van der Waals surface area contributed by atoms with Gasteiger partial charge in [0.15, 0.2) is 5.78 Å². The maximum absolute atomic E-state index is 12.2. The van der Waals surface area contributed by atoms with Gasteiger partial charge in [-0.1, -0.05) is 37.6 Å². The number of Topliss-reactive ketones (excluding diaryl/α,β-unsaturated/α-hetero) is 1. The molecule has 1 aliphatic rings. The number of carbonyl (C=O) groups is 2. The fourth-order valence-corrected chi connectivity index (χ4v) is 4.16. The molecule has 2 aromatic carbocycles. The highest BCUT2D eigenvalue weighted by atomic mass is 16.5. The first-order valence-electron chi connectivity index (χ1n) is 11.7. The van der Waals surface area contributed by atoms with Crippen molar-refractivity contribution < 1.29 is 23.8 Å². The number of hydrogen-bond acceptors (Lipinski definition) is 5. The third kappa shape index (κ3) is 6.35. The summed E-state index contributed by atoms with van der Waals surface area (Å²) in [6.45, 7) is 3.22. The molecule has 5 heteroatoms. The minimum Gasteiger partial charge on any atom is -0.493 e. The standard InChI is InChI=1S/C27H34O5/c1-3-9-23-25(15-14-22-24(28)17-19-32-27(22)23)31-18-8-4-5-10-20-11-6-7-12-21(20)13-16-26(29)30-2/h6-7,11-12,14-15H,3-5,8-10,13,16-19H2,1-2H3. The van der Waals surface area contributed by atoms with Crippen LogP contribution in [0.4, 0.5) is 0 Å². The minimum absolute atomic E-state index is 0.155. The highest BCUT2D eigenvalue weighted by molar-refractivity contribution is 6.00. The zero-order valence-corrected chi connectivity index (χ0v) is 19.3. The third-order valence-corrected chi connectivity index (χ3v) is 5.89. The summed E-state index contributed by atoms with van der Waals surface area (Å²) in [6.07, 6.45) is 7.49. The SMILES string of the molecule is CCCc1c(OCCCCCc2ccccc2CCC(=O)OC)ccc2c1OCCC2=O. The van der Waals surface area contributed by atoms with Crippen molar-refractivity contribution in [3.05, 3.63) is 58.7 Å². The van der Waals surface area contributed by atoms with Crippen molar-refractivity contribution in [2.24, 2.45) is 0 Å². The van der Waals surface area contributed by atoms with E-state index in [0.29, 0.717) is 31.6 Å². The van der Waals surface area contributed by atoms with Crippen molar-refractivity contribution >= 4 is 11.8 Å². The van der Waals surface area contributed by atoms with Crippen molar-refractivity contribution in [1.29, 1.82) is 0 Å². The highest BCUT2D eigenvalue weighted by Crippen LogP contribution is 2.36. The van der Waals surface area contributed by atoms with Crippen molar-refractivity contribution in [1.82, 2.24) is 0 Å². The molecule has 172 valence electrons. The molecule has 0 atom stereocenters. The molecule has 0 bridgehead atoms. The predicted octanol–water partition coefficient (Wildman–Crippen LogP) is 5.50. The van der Waals surface area contributed by atoms with Gasteiger partial charge in [0.2, 0.25) is 0 Å². The number of methoxy groups -OCH3 is 1. The molecule has 0 unspecified atom stereocenters. The maximum atomic E-state index is 12.2. The molecule has 0 N–H and O–H groups in total. The average molecular weight is 439 g/mol. The summed E-state index contributed by atoms with van der Waals surface area (Å²) < 4.78 is 16.7. The fraction of sp³-hybridized carbons (Fsp3) is 0.481. The molecule has 0 fully saturated rings. The van der Waals surface area contributed by atoms with E-state index >= 15 is 0 Å². The van der Waals surface area contributed by atoms with E-state index in [9.17, 15) is 9.59 Å². The van der Waals surface area contributed by atoms with Crippen LogP contribution in [-0.4, -0.2) is 32.1 Å². The molecule has 5 nitrogen and oxygen atoms in total. The molecule has 1 aliphatic heterocycles. The third-order valence-electron chi connectivity index (χ3n) is 5.89. The van der Waals surface area contributed by atoms with E-state index in [2.05, 4.69) is 25.1 Å². The van der Waals surface area contributed by atoms with Crippen molar-refractivity contribution in [2.45, 2.75) is 64.7 Å². The highest BCUT2D eigenvalue weighted by Gasteiger charge is 2.23. The molecule has 0 aromatic heterocycles. The monoisotopic (exact) mass is 438 g/mol. The number of ketones is 1. The Labute approximate surface area is 191 Å². The normalized spacial score (nSPS) is 12.8. The zero-order valence-electron chi connectivity index (χ0n) is 19.3. The number of aryl methyl sites for hydroxylation is 2. The van der Waals surface area contributed by atoms with Gasteiger partial charge in [-0.25, -0.2) is 0 Å². The average Bonchev–Trinajstić information content (AvgIpc) is 2.81. The van der Waals surface area contributed by atoms with Gasteiger partial charge in [-0.15, -0.1) is 0 Å². The lowest BCUT2D eigenvalue weighted by Gasteiger charge is -2.22. The predicted molar refractivity (Wildman–Crippen MR) is 125 cm³/mol. The molecule has 0 radical (unpaired) electrons. The van der Waals surface area contributed by atoms with Crippen molar-refractivity contribution in [3.8, 4) is 11.5 Å². The first kappa shape index (κ1) is 23.8. The summed E-state index contributed by atoms with van der Waals surface area (Å²) in [7, 11) is 1.43. The van der Waals surface area contributed by atoms with Crippen molar-refractivity contribution in [3.63, 3.8) is 0 Å². The van der Waals surface area contributed by atoms with E-state index in [1.807, 2.05) is 18.2 Å². The number of fused-ring (bicyclic) bond motifs is 1. The second-order valence-electron chi connectivity index (χ2n) is 8.19. The number of benzene rings is 2. The molecule has 0 spiro atoms. The van der Waals surface area contributed by atoms with E-state index in [0.717, 1.165) is 62.0 Å². The Hall–Kier alpha value is -2.82. The van der Waals surface area contributed by atoms with Crippen LogP contribution in [0.15, 0.2) is 36.4 Å². The van der Waals surface area contributed by atoms with Gasteiger partial charge in [0.25, 0.3) is 0 Å². The van der Waals surface area contributed by atoms with E-state index < -0.39 is 0 Å². The number of hydrogen-bond donors (Lipinski definition) is 0. The Morgan fingerprint density at radius 1 is 1.00 bits per heavy atom. The Bertz CT molecular complexity index is 918. The van der Waals surface area contributed by atoms with Gasteiger partial charge in [-0.05, 0) is 61.8 Å². The molecule has 0 amide bonds. The number of ether oxygens (including phenoxy) is 3. The zero-order chi connectivity index (χ0) is 22.8. The van der Waals surface area contributed by atoms with Crippen molar-refractivity contribution in [2.75, 3.05) is 20.3 Å². The molecule has 0 saturated heterocycles. The molecule has 1 heterocycles. The second kappa shape index (κ2) is 12.3. The van der Waals surface area contributed by atoms with Gasteiger partial charge >= 0.3 is 5.97 Å². The topological polar surface area (TPSA) is 61.8 Å². The lowest BCUT2D eigenvalue weighted by atomic mass is 9.98. The molecule has 0 aliphatic carbocycles. The fourth-order valence-electron chi connectivity index (χ4n) is 4.16. The molecule has 0 saturated carbocycles. The van der Waals surface area contributed by atoms with Crippen LogP contribution >= 0.6 is 0 Å². The van der Waals surface area contributed by atoms with E-state index in [-0.39, 0.29) is 11.8 Å². The number of esters is 1. The summed E-state index contributed by atoms with van der Waals surface area (Å²) >= 11 is 0. The summed E-state index contributed by atoms with van der Waals surface area (Å²) in [5, 5.41) is 0. The second-order valence-corrected chi connectivity index (χ2v) is 8.19. The van der Waals surface area contributed by atoms with Gasteiger partial charge in [-0.3, -0.25) is 9.59 Å². The Morgan fingerprint density at radius 3 is 2.53 bits per heavy atom. The molecular formula is C27H34O5. The van der Waals surface area contributed by atoms with E-state index in [4.69, 9.17) is 14.2 Å². The van der Waals surface area contributed by atoms with Gasteiger partial charge in [0.05, 0.1) is 25.9 Å². The van der Waals surface area contributed by atoms with Crippen LogP contribution in [0.5, 0.6) is 11.5 Å². The van der Waals surface area contributed by atoms with Crippen LogP contribution in [0.25, 0.3) is 0 Å². The lowest BCUT2D eigenvalue weighted by Crippen LogP contribution is -2.17. The number of unbranched alkanes of at least 4 members (excludes halogenated alkanes) is 2. The molecule has 2 aromatic rings. The van der Waals surface area contributed by atoms with Crippen LogP contribution in [0.3, 0.4) is 0 Å². The molecule has 3 rings (SSSR count). The molecular weight excluding hydrogens is 404 g/mol. The van der Waals surface area contributed by atoms with Crippen LogP contribution < -0.4 is 9.47 Å². The Morgan fingerprint density at radius 2 is 1.78 bits per heavy atom. The Balaban J connectivity index is 1.48. The first-order chi connectivity index (χ1) is 15.6. The van der Waals surface area contributed by atoms with Crippen LogP contribution in [0.2, 0.25) is 0 Å². The minimum atomic E-state index is -0.170.